The van der Waals surface area contributed by atoms with E-state index in [9.17, 15) is 13.2 Å². The molecule has 2 rings (SSSR count). The normalized spacial score (nSPS) is 20.1. The van der Waals surface area contributed by atoms with Gasteiger partial charge < -0.3 is 14.8 Å². The molecule has 8 heteroatoms. The molecule has 1 N–H and O–H groups in total. The average Bonchev–Trinajstić information content (AvgIpc) is 3.01. The van der Waals surface area contributed by atoms with Gasteiger partial charge in [0.25, 0.3) is 0 Å². The average molecular weight is 342 g/mol. The van der Waals surface area contributed by atoms with Crippen LogP contribution in [0.5, 0.6) is 0 Å². The fourth-order valence-corrected chi connectivity index (χ4v) is 4.56. The molecule has 0 bridgehead atoms. The van der Waals surface area contributed by atoms with Crippen molar-refractivity contribution in [3.05, 3.63) is 17.7 Å². The number of carbonyl (C=O) groups is 1. The van der Waals surface area contributed by atoms with Crippen LogP contribution in [0.4, 0.5) is 0 Å². The lowest BCUT2D eigenvalue weighted by molar-refractivity contribution is -0.121. The van der Waals surface area contributed by atoms with Crippen molar-refractivity contribution in [2.75, 3.05) is 31.6 Å². The number of hydrogen-bond acceptors (Lipinski definition) is 5. The van der Waals surface area contributed by atoms with Crippen molar-refractivity contribution in [3.8, 4) is 0 Å². The molecule has 1 amide bonds. The summed E-state index contributed by atoms with van der Waals surface area (Å²) in [5.41, 5.74) is 2.12. The third kappa shape index (κ3) is 5.04. The van der Waals surface area contributed by atoms with Crippen molar-refractivity contribution in [1.82, 2.24) is 19.8 Å². The molecule has 2 heterocycles. The Balaban J connectivity index is 1.66. The molecule has 0 saturated carbocycles. The number of amides is 1. The molecule has 1 saturated heterocycles. The van der Waals surface area contributed by atoms with Gasteiger partial charge in [-0.25, -0.2) is 13.4 Å². The van der Waals surface area contributed by atoms with Crippen LogP contribution in [0.1, 0.15) is 24.2 Å². The van der Waals surface area contributed by atoms with Crippen LogP contribution in [0.2, 0.25) is 0 Å². The van der Waals surface area contributed by atoms with E-state index in [0.29, 0.717) is 32.5 Å². The Morgan fingerprint density at radius 2 is 2.22 bits per heavy atom. The molecule has 1 aliphatic rings. The monoisotopic (exact) mass is 342 g/mol. The minimum absolute atomic E-state index is 0.00723. The Morgan fingerprint density at radius 3 is 2.78 bits per heavy atom. The number of hydrogen-bond donors (Lipinski definition) is 1. The lowest BCUT2D eigenvalue weighted by atomic mass is 10.2. The summed E-state index contributed by atoms with van der Waals surface area (Å²) in [6, 6.07) is 0.0457. The van der Waals surface area contributed by atoms with E-state index in [-0.39, 0.29) is 23.5 Å². The van der Waals surface area contributed by atoms with Gasteiger partial charge in [-0.3, -0.25) is 4.79 Å². The molecule has 1 atom stereocenters. The minimum atomic E-state index is -2.88. The van der Waals surface area contributed by atoms with E-state index < -0.39 is 9.84 Å². The molecule has 0 radical (unpaired) electrons. The van der Waals surface area contributed by atoms with Gasteiger partial charge in [0.05, 0.1) is 23.5 Å². The summed E-state index contributed by atoms with van der Waals surface area (Å²) < 4.78 is 25.0. The molecular weight excluding hydrogens is 316 g/mol. The van der Waals surface area contributed by atoms with Crippen LogP contribution >= 0.6 is 0 Å². The highest BCUT2D eigenvalue weighted by molar-refractivity contribution is 7.91. The smallest absolute Gasteiger partial charge is 0.221 e. The lowest BCUT2D eigenvalue weighted by Crippen LogP contribution is -2.36. The molecule has 1 aromatic rings. The summed E-state index contributed by atoms with van der Waals surface area (Å²) in [5, 5.41) is 2.90. The van der Waals surface area contributed by atoms with Crippen LogP contribution in [-0.2, 0) is 21.2 Å². The summed E-state index contributed by atoms with van der Waals surface area (Å²) in [6.07, 6.45) is 2.83. The molecular formula is C15H26N4O3S. The number of rotatable bonds is 7. The van der Waals surface area contributed by atoms with Gasteiger partial charge in [0, 0.05) is 37.8 Å². The Morgan fingerprint density at radius 1 is 1.48 bits per heavy atom. The predicted molar refractivity (Wildman–Crippen MR) is 89.0 cm³/mol. The van der Waals surface area contributed by atoms with Crippen molar-refractivity contribution in [3.63, 3.8) is 0 Å². The minimum Gasteiger partial charge on any atom is -0.354 e. The van der Waals surface area contributed by atoms with Gasteiger partial charge in [-0.1, -0.05) is 0 Å². The molecule has 0 aliphatic carbocycles. The first-order valence-electron chi connectivity index (χ1n) is 7.94. The van der Waals surface area contributed by atoms with Crippen LogP contribution < -0.4 is 5.32 Å². The number of aromatic nitrogens is 2. The van der Waals surface area contributed by atoms with Gasteiger partial charge in [0.2, 0.25) is 5.91 Å². The molecule has 1 aliphatic heterocycles. The van der Waals surface area contributed by atoms with Gasteiger partial charge in [0.1, 0.15) is 0 Å². The van der Waals surface area contributed by atoms with Crippen molar-refractivity contribution < 1.29 is 13.2 Å². The Labute approximate surface area is 138 Å². The molecule has 23 heavy (non-hydrogen) atoms. The predicted octanol–water partition coefficient (Wildman–Crippen LogP) is 0.125. The first kappa shape index (κ1) is 17.9. The maximum Gasteiger partial charge on any atom is 0.221 e. The van der Waals surface area contributed by atoms with E-state index in [1.807, 2.05) is 30.4 Å². The number of aryl methyl sites for hydroxylation is 1. The number of carbonyl (C=O) groups excluding carboxylic acids is 1. The second kappa shape index (κ2) is 7.44. The first-order valence-corrected chi connectivity index (χ1v) is 9.76. The maximum absolute atomic E-state index is 11.9. The molecule has 1 unspecified atom stereocenters. The Bertz CT molecular complexity index is 654. The van der Waals surface area contributed by atoms with Crippen molar-refractivity contribution in [2.24, 2.45) is 0 Å². The van der Waals surface area contributed by atoms with Crippen LogP contribution in [0.15, 0.2) is 6.33 Å². The summed E-state index contributed by atoms with van der Waals surface area (Å²) >= 11 is 0. The first-order chi connectivity index (χ1) is 10.8. The summed E-state index contributed by atoms with van der Waals surface area (Å²) in [7, 11) is -0.992. The third-order valence-corrected chi connectivity index (χ3v) is 6.29. The highest BCUT2D eigenvalue weighted by Gasteiger charge is 2.30. The summed E-state index contributed by atoms with van der Waals surface area (Å²) in [6.45, 7) is 5.82. The SMILES string of the molecule is Cc1ncn(CCNC(=O)CCN(C)C2CCS(=O)(=O)C2)c1C. The molecule has 0 spiro atoms. The van der Waals surface area contributed by atoms with Crippen molar-refractivity contribution in [1.29, 1.82) is 0 Å². The van der Waals surface area contributed by atoms with E-state index in [1.165, 1.54) is 0 Å². The van der Waals surface area contributed by atoms with Gasteiger partial charge in [-0.05, 0) is 27.3 Å². The zero-order valence-corrected chi connectivity index (χ0v) is 14.9. The van der Waals surface area contributed by atoms with Crippen molar-refractivity contribution >= 4 is 15.7 Å². The molecule has 1 fully saturated rings. The standard InChI is InChI=1S/C15H26N4O3S/c1-12-13(2)19(11-17-12)8-6-16-15(20)4-7-18(3)14-5-9-23(21,22)10-14/h11,14H,4-10H2,1-3H3,(H,16,20). The molecule has 130 valence electrons. The van der Waals surface area contributed by atoms with E-state index in [4.69, 9.17) is 0 Å². The Hall–Kier alpha value is -1.41. The van der Waals surface area contributed by atoms with Crippen LogP contribution in [0.25, 0.3) is 0 Å². The zero-order chi connectivity index (χ0) is 17.0. The molecule has 1 aromatic heterocycles. The zero-order valence-electron chi connectivity index (χ0n) is 14.1. The van der Waals surface area contributed by atoms with E-state index in [1.54, 1.807) is 6.33 Å². The lowest BCUT2D eigenvalue weighted by Gasteiger charge is -2.22. The number of nitrogens with zero attached hydrogens (tertiary/aromatic N) is 3. The highest BCUT2D eigenvalue weighted by Crippen LogP contribution is 2.16. The van der Waals surface area contributed by atoms with Crippen LogP contribution in [0.3, 0.4) is 0 Å². The van der Waals surface area contributed by atoms with Crippen LogP contribution in [0, 0.1) is 13.8 Å². The highest BCUT2D eigenvalue weighted by atomic mass is 32.2. The number of sulfone groups is 1. The summed E-state index contributed by atoms with van der Waals surface area (Å²) in [5.74, 6) is 0.467. The van der Waals surface area contributed by atoms with Gasteiger partial charge >= 0.3 is 0 Å². The fraction of sp³-hybridized carbons (Fsp3) is 0.733. The van der Waals surface area contributed by atoms with Crippen LogP contribution in [-0.4, -0.2) is 66.5 Å². The van der Waals surface area contributed by atoms with E-state index in [2.05, 4.69) is 10.3 Å². The Kier molecular flexibility index (Phi) is 5.80. The van der Waals surface area contributed by atoms with Gasteiger partial charge in [-0.2, -0.15) is 0 Å². The van der Waals surface area contributed by atoms with Crippen molar-refractivity contribution in [2.45, 2.75) is 39.3 Å². The largest absolute Gasteiger partial charge is 0.354 e. The number of nitrogens with one attached hydrogen (secondary N) is 1. The van der Waals surface area contributed by atoms with Gasteiger partial charge in [-0.15, -0.1) is 0 Å². The maximum atomic E-state index is 11.9. The molecule has 7 nitrogen and oxygen atoms in total. The van der Waals surface area contributed by atoms with E-state index in [0.717, 1.165) is 11.4 Å². The van der Waals surface area contributed by atoms with Gasteiger partial charge in [0.15, 0.2) is 9.84 Å². The third-order valence-electron chi connectivity index (χ3n) is 4.54. The molecule has 0 aromatic carbocycles. The second-order valence-corrected chi connectivity index (χ2v) is 8.47. The van der Waals surface area contributed by atoms with E-state index >= 15 is 0 Å². The quantitative estimate of drug-likeness (QED) is 0.761. The topological polar surface area (TPSA) is 84.3 Å². The fourth-order valence-electron chi connectivity index (χ4n) is 2.76. The summed E-state index contributed by atoms with van der Waals surface area (Å²) in [4.78, 5) is 18.1. The second-order valence-electron chi connectivity index (χ2n) is 6.25. The number of imidazole rings is 1.